The Hall–Kier alpha value is -2.34. The number of nitrogens with zero attached hydrogens (tertiary/aromatic N) is 1. The molecule has 2 aromatic carbocycles. The van der Waals surface area contributed by atoms with Crippen LogP contribution in [0.5, 0.6) is 5.75 Å². The topological polar surface area (TPSA) is 58.6 Å². The molecule has 0 saturated heterocycles. The quantitative estimate of drug-likeness (QED) is 0.466. The number of benzene rings is 2. The average Bonchev–Trinajstić information content (AvgIpc) is 2.82. The van der Waals surface area contributed by atoms with Crippen LogP contribution in [0.1, 0.15) is 62.1 Å². The Kier molecular flexibility index (Phi) is 9.36. The summed E-state index contributed by atoms with van der Waals surface area (Å²) in [5, 5.41) is 3.21. The number of hydrogen-bond acceptors (Lipinski definition) is 3. The maximum atomic E-state index is 13.4. The lowest BCUT2D eigenvalue weighted by molar-refractivity contribution is -0.143. The Balaban J connectivity index is 1.75. The minimum atomic E-state index is -0.531. The van der Waals surface area contributed by atoms with Crippen molar-refractivity contribution in [2.24, 2.45) is 0 Å². The van der Waals surface area contributed by atoms with Crippen LogP contribution in [0, 0.1) is 13.8 Å². The average molecular weight is 515 g/mol. The van der Waals surface area contributed by atoms with E-state index < -0.39 is 6.04 Å². The molecular weight excluding hydrogens is 480 g/mol. The second-order valence-corrected chi connectivity index (χ2v) is 9.73. The van der Waals surface area contributed by atoms with E-state index in [-0.39, 0.29) is 24.5 Å². The number of halogens is 1. The molecule has 33 heavy (non-hydrogen) atoms. The van der Waals surface area contributed by atoms with Crippen LogP contribution >= 0.6 is 15.9 Å². The molecule has 0 aromatic heterocycles. The number of nitrogens with one attached hydrogen (secondary N) is 1. The van der Waals surface area contributed by atoms with Crippen LogP contribution in [-0.4, -0.2) is 35.4 Å². The lowest BCUT2D eigenvalue weighted by atomic mass is 9.95. The summed E-state index contributed by atoms with van der Waals surface area (Å²) in [6.45, 7) is 6.21. The molecule has 2 aromatic rings. The third-order valence-corrected chi connectivity index (χ3v) is 7.56. The van der Waals surface area contributed by atoms with Crippen molar-refractivity contribution in [2.75, 3.05) is 6.61 Å². The molecule has 5 nitrogen and oxygen atoms in total. The van der Waals surface area contributed by atoms with Crippen molar-refractivity contribution >= 4 is 27.7 Å². The van der Waals surface area contributed by atoms with Crippen molar-refractivity contribution < 1.29 is 14.3 Å². The van der Waals surface area contributed by atoms with E-state index in [4.69, 9.17) is 4.74 Å². The zero-order chi connectivity index (χ0) is 23.8. The first-order valence-electron chi connectivity index (χ1n) is 11.9. The van der Waals surface area contributed by atoms with Gasteiger partial charge in [-0.15, -0.1) is 0 Å². The number of rotatable bonds is 9. The van der Waals surface area contributed by atoms with Gasteiger partial charge in [0.15, 0.2) is 6.61 Å². The van der Waals surface area contributed by atoms with E-state index in [0.717, 1.165) is 46.8 Å². The fraction of sp³-hybridized carbons (Fsp3) is 0.481. The van der Waals surface area contributed by atoms with Gasteiger partial charge >= 0.3 is 0 Å². The predicted molar refractivity (Wildman–Crippen MR) is 135 cm³/mol. The van der Waals surface area contributed by atoms with Gasteiger partial charge in [-0.1, -0.05) is 72.4 Å². The number of carbonyl (C=O) groups is 2. The second kappa shape index (κ2) is 12.2. The first-order valence-corrected chi connectivity index (χ1v) is 12.7. The van der Waals surface area contributed by atoms with Crippen molar-refractivity contribution in [3.8, 4) is 5.75 Å². The summed E-state index contributed by atoms with van der Waals surface area (Å²) in [7, 11) is 0. The lowest BCUT2D eigenvalue weighted by Crippen LogP contribution is -2.52. The van der Waals surface area contributed by atoms with Gasteiger partial charge in [0.25, 0.3) is 5.91 Å². The molecule has 0 spiro atoms. The largest absolute Gasteiger partial charge is 0.484 e. The van der Waals surface area contributed by atoms with E-state index in [1.807, 2.05) is 63.2 Å². The molecule has 0 heterocycles. The van der Waals surface area contributed by atoms with E-state index in [0.29, 0.717) is 18.7 Å². The molecule has 1 aliphatic carbocycles. The number of hydrogen-bond donors (Lipinski definition) is 1. The van der Waals surface area contributed by atoms with E-state index >= 15 is 0 Å². The molecule has 3 rings (SSSR count). The Labute approximate surface area is 206 Å². The van der Waals surface area contributed by atoms with Crippen LogP contribution < -0.4 is 10.1 Å². The number of aryl methyl sites for hydroxylation is 2. The predicted octanol–water partition coefficient (Wildman–Crippen LogP) is 5.70. The lowest BCUT2D eigenvalue weighted by Gasteiger charge is -2.32. The van der Waals surface area contributed by atoms with Crippen molar-refractivity contribution in [3.63, 3.8) is 0 Å². The third kappa shape index (κ3) is 7.07. The zero-order valence-corrected chi connectivity index (χ0v) is 21.5. The highest BCUT2D eigenvalue weighted by Gasteiger charge is 2.30. The standard InChI is InChI=1S/C27H35BrN2O3/c1-4-24(27(32)29-22-13-9-6-10-14-22)30(17-21-11-7-5-8-12-21)25(31)18-33-23-15-19(2)26(28)20(3)16-23/h5,7-8,11-12,15-16,22,24H,4,6,9-10,13-14,17-18H2,1-3H3,(H,29,32)/t24-/m1/s1. The number of carbonyl (C=O) groups excluding carboxylic acids is 2. The maximum Gasteiger partial charge on any atom is 0.261 e. The van der Waals surface area contributed by atoms with Crippen LogP contribution in [0.4, 0.5) is 0 Å². The summed E-state index contributed by atoms with van der Waals surface area (Å²) >= 11 is 3.56. The van der Waals surface area contributed by atoms with Crippen molar-refractivity contribution in [1.29, 1.82) is 0 Å². The SMILES string of the molecule is CC[C@H](C(=O)NC1CCCCC1)N(Cc1ccccc1)C(=O)COc1cc(C)c(Br)c(C)c1. The van der Waals surface area contributed by atoms with Gasteiger partial charge in [-0.05, 0) is 61.9 Å². The molecule has 1 fully saturated rings. The van der Waals surface area contributed by atoms with Gasteiger partial charge in [-0.3, -0.25) is 9.59 Å². The molecule has 178 valence electrons. The number of ether oxygens (including phenoxy) is 1. The smallest absolute Gasteiger partial charge is 0.261 e. The summed E-state index contributed by atoms with van der Waals surface area (Å²) in [5.74, 6) is 0.396. The highest BCUT2D eigenvalue weighted by molar-refractivity contribution is 9.10. The second-order valence-electron chi connectivity index (χ2n) is 8.93. The van der Waals surface area contributed by atoms with Gasteiger partial charge in [0, 0.05) is 17.1 Å². The maximum absolute atomic E-state index is 13.4. The monoisotopic (exact) mass is 514 g/mol. The van der Waals surface area contributed by atoms with Crippen LogP contribution in [0.2, 0.25) is 0 Å². The van der Waals surface area contributed by atoms with Crippen LogP contribution in [0.15, 0.2) is 46.9 Å². The fourth-order valence-corrected chi connectivity index (χ4v) is 4.69. The Morgan fingerprint density at radius 1 is 1.09 bits per heavy atom. The third-order valence-electron chi connectivity index (χ3n) is 6.31. The summed E-state index contributed by atoms with van der Waals surface area (Å²) in [5.41, 5.74) is 3.10. The highest BCUT2D eigenvalue weighted by Crippen LogP contribution is 2.26. The molecule has 2 amide bonds. The van der Waals surface area contributed by atoms with E-state index in [1.54, 1.807) is 4.90 Å². The Morgan fingerprint density at radius 2 is 1.73 bits per heavy atom. The van der Waals surface area contributed by atoms with Gasteiger partial charge in [0.1, 0.15) is 11.8 Å². The molecule has 1 saturated carbocycles. The van der Waals surface area contributed by atoms with E-state index in [2.05, 4.69) is 21.2 Å². The van der Waals surface area contributed by atoms with Crippen molar-refractivity contribution in [1.82, 2.24) is 10.2 Å². The fourth-order valence-electron chi connectivity index (χ4n) is 4.46. The first-order chi connectivity index (χ1) is 15.9. The van der Waals surface area contributed by atoms with E-state index in [1.165, 1.54) is 6.42 Å². The van der Waals surface area contributed by atoms with Crippen molar-refractivity contribution in [3.05, 3.63) is 63.6 Å². The molecule has 0 radical (unpaired) electrons. The summed E-state index contributed by atoms with van der Waals surface area (Å²) in [4.78, 5) is 28.3. The zero-order valence-electron chi connectivity index (χ0n) is 19.9. The molecule has 1 N–H and O–H groups in total. The van der Waals surface area contributed by atoms with Crippen molar-refractivity contribution in [2.45, 2.75) is 77.9 Å². The molecule has 0 bridgehead atoms. The van der Waals surface area contributed by atoms with Gasteiger partial charge in [-0.25, -0.2) is 0 Å². The molecule has 6 heteroatoms. The van der Waals surface area contributed by atoms with Crippen LogP contribution in [0.25, 0.3) is 0 Å². The number of amides is 2. The minimum Gasteiger partial charge on any atom is -0.484 e. The van der Waals surface area contributed by atoms with E-state index in [9.17, 15) is 9.59 Å². The van der Waals surface area contributed by atoms with Gasteiger partial charge in [0.05, 0.1) is 0 Å². The molecular formula is C27H35BrN2O3. The Bertz CT molecular complexity index is 919. The normalized spacial score (nSPS) is 15.0. The summed E-state index contributed by atoms with van der Waals surface area (Å²) in [6.07, 6.45) is 6.10. The first kappa shape index (κ1) is 25.3. The molecule has 0 unspecified atom stereocenters. The Morgan fingerprint density at radius 3 is 2.33 bits per heavy atom. The highest BCUT2D eigenvalue weighted by atomic mass is 79.9. The molecule has 0 aliphatic heterocycles. The summed E-state index contributed by atoms with van der Waals surface area (Å²) in [6, 6.07) is 13.3. The van der Waals surface area contributed by atoms with Gasteiger partial charge in [0.2, 0.25) is 5.91 Å². The van der Waals surface area contributed by atoms with Gasteiger partial charge in [-0.2, -0.15) is 0 Å². The summed E-state index contributed by atoms with van der Waals surface area (Å²) < 4.78 is 6.92. The van der Waals surface area contributed by atoms with Crippen LogP contribution in [0.3, 0.4) is 0 Å². The minimum absolute atomic E-state index is 0.0657. The molecule has 1 atom stereocenters. The molecule has 1 aliphatic rings. The van der Waals surface area contributed by atoms with Crippen LogP contribution in [-0.2, 0) is 16.1 Å². The van der Waals surface area contributed by atoms with Gasteiger partial charge < -0.3 is 15.0 Å².